The number of carbonyl (C=O) groups is 1. The van der Waals surface area contributed by atoms with Crippen LogP contribution in [0.5, 0.6) is 5.75 Å². The van der Waals surface area contributed by atoms with Gasteiger partial charge in [0.1, 0.15) is 5.75 Å². The molecule has 146 valence electrons. The van der Waals surface area contributed by atoms with Crippen molar-refractivity contribution in [1.82, 2.24) is 9.80 Å². The average Bonchev–Trinajstić information content (AvgIpc) is 3.12. The Hall–Kier alpha value is -3.53. The second-order valence-corrected chi connectivity index (χ2v) is 7.19. The number of hydrogen-bond donors (Lipinski definition) is 0. The molecule has 0 unspecified atom stereocenters. The normalized spacial score (nSPS) is 13.3. The van der Waals surface area contributed by atoms with E-state index in [1.165, 1.54) is 29.3 Å². The molecule has 3 aromatic carbocycles. The minimum Gasteiger partial charge on any atom is -0.427 e. The van der Waals surface area contributed by atoms with E-state index in [2.05, 4.69) is 64.5 Å². The van der Waals surface area contributed by atoms with Crippen LogP contribution in [0, 0.1) is 0 Å². The molecule has 0 atom stereocenters. The van der Waals surface area contributed by atoms with Crippen LogP contribution in [-0.4, -0.2) is 22.4 Å². The Labute approximate surface area is 171 Å². The Morgan fingerprint density at radius 3 is 2.10 bits per heavy atom. The molecule has 1 aliphatic rings. The second-order valence-electron chi connectivity index (χ2n) is 7.19. The third-order valence-corrected chi connectivity index (χ3v) is 4.85. The van der Waals surface area contributed by atoms with Gasteiger partial charge in [0, 0.05) is 26.2 Å². The van der Waals surface area contributed by atoms with Crippen LogP contribution in [0.15, 0.2) is 91.1 Å². The molecule has 0 saturated heterocycles. The van der Waals surface area contributed by atoms with Crippen molar-refractivity contribution in [3.05, 3.63) is 108 Å². The monoisotopic (exact) mass is 384 g/mol. The summed E-state index contributed by atoms with van der Waals surface area (Å²) in [5.41, 5.74) is 4.91. The predicted octanol–water partition coefficient (Wildman–Crippen LogP) is 4.89. The number of nitrogens with zero attached hydrogens (tertiary/aromatic N) is 2. The van der Waals surface area contributed by atoms with E-state index >= 15 is 0 Å². The van der Waals surface area contributed by atoms with Gasteiger partial charge in [-0.2, -0.15) is 0 Å². The van der Waals surface area contributed by atoms with E-state index in [0.717, 1.165) is 19.8 Å². The van der Waals surface area contributed by atoms with E-state index in [1.807, 2.05) is 36.4 Å². The maximum Gasteiger partial charge on any atom is 0.308 e. The smallest absolute Gasteiger partial charge is 0.308 e. The van der Waals surface area contributed by atoms with Crippen molar-refractivity contribution in [2.24, 2.45) is 0 Å². The van der Waals surface area contributed by atoms with Crippen LogP contribution >= 0.6 is 0 Å². The Morgan fingerprint density at radius 1 is 0.828 bits per heavy atom. The van der Waals surface area contributed by atoms with Crippen LogP contribution in [0.2, 0.25) is 0 Å². The largest absolute Gasteiger partial charge is 0.427 e. The third kappa shape index (κ3) is 4.85. The summed E-state index contributed by atoms with van der Waals surface area (Å²) in [6, 6.07) is 28.8. The molecule has 0 radical (unpaired) electrons. The van der Waals surface area contributed by atoms with Gasteiger partial charge in [-0.15, -0.1) is 0 Å². The van der Waals surface area contributed by atoms with Crippen molar-refractivity contribution in [2.45, 2.75) is 20.0 Å². The van der Waals surface area contributed by atoms with Crippen molar-refractivity contribution in [3.8, 4) is 5.75 Å². The molecule has 0 bridgehead atoms. The lowest BCUT2D eigenvalue weighted by Gasteiger charge is -2.24. The first-order valence-corrected chi connectivity index (χ1v) is 9.75. The topological polar surface area (TPSA) is 32.8 Å². The summed E-state index contributed by atoms with van der Waals surface area (Å²) < 4.78 is 5.12. The highest BCUT2D eigenvalue weighted by atomic mass is 16.5. The van der Waals surface area contributed by atoms with Gasteiger partial charge in [-0.25, -0.2) is 0 Å². The van der Waals surface area contributed by atoms with Gasteiger partial charge in [0.15, 0.2) is 0 Å². The zero-order valence-electron chi connectivity index (χ0n) is 16.5. The molecule has 1 aliphatic heterocycles. The fraction of sp³-hybridized carbons (Fsp3) is 0.160. The molecule has 0 aromatic heterocycles. The first kappa shape index (κ1) is 18.8. The lowest BCUT2D eigenvalue weighted by atomic mass is 10.1. The molecule has 29 heavy (non-hydrogen) atoms. The van der Waals surface area contributed by atoms with Crippen LogP contribution in [0.1, 0.15) is 23.6 Å². The van der Waals surface area contributed by atoms with Gasteiger partial charge in [0.2, 0.25) is 0 Å². The number of rotatable bonds is 6. The molecular formula is C25H24N2O2. The first-order chi connectivity index (χ1) is 14.2. The zero-order valence-corrected chi connectivity index (χ0v) is 16.5. The molecule has 0 N–H and O–H groups in total. The van der Waals surface area contributed by atoms with E-state index in [1.54, 1.807) is 0 Å². The van der Waals surface area contributed by atoms with Gasteiger partial charge in [-0.3, -0.25) is 4.79 Å². The van der Waals surface area contributed by atoms with Crippen LogP contribution in [0.25, 0.3) is 5.70 Å². The predicted molar refractivity (Wildman–Crippen MR) is 115 cm³/mol. The number of esters is 1. The van der Waals surface area contributed by atoms with Crippen LogP contribution in [0.3, 0.4) is 0 Å². The Kier molecular flexibility index (Phi) is 5.61. The SMILES string of the molecule is CC(=O)Oc1ccc(CN2C=C(c3ccccc3)N(Cc3ccccc3)C2)cc1. The summed E-state index contributed by atoms with van der Waals surface area (Å²) >= 11 is 0. The fourth-order valence-corrected chi connectivity index (χ4v) is 3.55. The van der Waals surface area contributed by atoms with Crippen LogP contribution in [0.4, 0.5) is 0 Å². The highest BCUT2D eigenvalue weighted by Gasteiger charge is 2.22. The maximum absolute atomic E-state index is 11.1. The van der Waals surface area contributed by atoms with Gasteiger partial charge in [0.05, 0.1) is 12.4 Å². The molecule has 0 amide bonds. The van der Waals surface area contributed by atoms with Gasteiger partial charge >= 0.3 is 5.97 Å². The second kappa shape index (κ2) is 8.65. The molecule has 4 nitrogen and oxygen atoms in total. The molecule has 3 aromatic rings. The van der Waals surface area contributed by atoms with E-state index < -0.39 is 0 Å². The maximum atomic E-state index is 11.1. The van der Waals surface area contributed by atoms with Crippen molar-refractivity contribution >= 4 is 11.7 Å². The number of benzene rings is 3. The summed E-state index contributed by atoms with van der Waals surface area (Å²) in [5.74, 6) is 0.276. The quantitative estimate of drug-likeness (QED) is 0.448. The lowest BCUT2D eigenvalue weighted by molar-refractivity contribution is -0.131. The number of ether oxygens (including phenoxy) is 1. The minimum atomic E-state index is -0.302. The summed E-state index contributed by atoms with van der Waals surface area (Å²) in [6.07, 6.45) is 2.23. The van der Waals surface area contributed by atoms with Crippen LogP contribution in [-0.2, 0) is 17.9 Å². The molecular weight excluding hydrogens is 360 g/mol. The zero-order chi connectivity index (χ0) is 20.1. The first-order valence-electron chi connectivity index (χ1n) is 9.75. The molecule has 0 spiro atoms. The van der Waals surface area contributed by atoms with E-state index in [0.29, 0.717) is 5.75 Å². The van der Waals surface area contributed by atoms with E-state index in [9.17, 15) is 4.79 Å². The van der Waals surface area contributed by atoms with Crippen molar-refractivity contribution in [2.75, 3.05) is 6.67 Å². The van der Waals surface area contributed by atoms with Gasteiger partial charge in [0.25, 0.3) is 0 Å². The lowest BCUT2D eigenvalue weighted by Crippen LogP contribution is -2.26. The molecule has 0 fully saturated rings. The third-order valence-electron chi connectivity index (χ3n) is 4.85. The van der Waals surface area contributed by atoms with Crippen LogP contribution < -0.4 is 4.74 Å². The van der Waals surface area contributed by atoms with Crippen molar-refractivity contribution in [1.29, 1.82) is 0 Å². The van der Waals surface area contributed by atoms with Crippen molar-refractivity contribution in [3.63, 3.8) is 0 Å². The van der Waals surface area contributed by atoms with E-state index in [4.69, 9.17) is 4.74 Å². The average molecular weight is 384 g/mol. The molecule has 0 aliphatic carbocycles. The van der Waals surface area contributed by atoms with Gasteiger partial charge in [-0.1, -0.05) is 72.8 Å². The summed E-state index contributed by atoms with van der Waals surface area (Å²) in [6.45, 7) is 3.89. The summed E-state index contributed by atoms with van der Waals surface area (Å²) in [4.78, 5) is 15.8. The number of carbonyl (C=O) groups excluding carboxylic acids is 1. The molecule has 1 heterocycles. The Morgan fingerprint density at radius 2 is 1.45 bits per heavy atom. The summed E-state index contributed by atoms with van der Waals surface area (Å²) in [5, 5.41) is 0. The Balaban J connectivity index is 1.52. The van der Waals surface area contributed by atoms with Gasteiger partial charge < -0.3 is 14.5 Å². The Bertz CT molecular complexity index is 982. The van der Waals surface area contributed by atoms with Crippen molar-refractivity contribution < 1.29 is 9.53 Å². The molecule has 4 rings (SSSR count). The standard InChI is InChI=1S/C25H24N2O2/c1-20(28)29-24-14-12-22(13-15-24)16-26-18-25(23-10-6-3-7-11-23)27(19-26)17-21-8-4-2-5-9-21/h2-15,18H,16-17,19H2,1H3. The number of hydrogen-bond acceptors (Lipinski definition) is 4. The van der Waals surface area contributed by atoms with Gasteiger partial charge in [-0.05, 0) is 28.8 Å². The highest BCUT2D eigenvalue weighted by molar-refractivity contribution is 5.69. The summed E-state index contributed by atoms with van der Waals surface area (Å²) in [7, 11) is 0. The van der Waals surface area contributed by atoms with E-state index in [-0.39, 0.29) is 5.97 Å². The molecule has 0 saturated carbocycles. The minimum absolute atomic E-state index is 0.302. The fourth-order valence-electron chi connectivity index (χ4n) is 3.55. The highest BCUT2D eigenvalue weighted by Crippen LogP contribution is 2.29. The molecule has 4 heteroatoms.